The van der Waals surface area contributed by atoms with Gasteiger partial charge in [0.15, 0.2) is 5.78 Å². The number of ketones is 1. The van der Waals surface area contributed by atoms with Crippen molar-refractivity contribution >= 4 is 11.7 Å². The highest BCUT2D eigenvalue weighted by Crippen LogP contribution is 2.42. The fourth-order valence-electron chi connectivity index (χ4n) is 4.72. The van der Waals surface area contributed by atoms with E-state index < -0.39 is 0 Å². The first-order chi connectivity index (χ1) is 13.1. The molecule has 5 nitrogen and oxygen atoms in total. The third-order valence-corrected chi connectivity index (χ3v) is 6.49. The molecule has 2 fully saturated rings. The van der Waals surface area contributed by atoms with Crippen molar-refractivity contribution in [2.45, 2.75) is 51.5 Å². The number of hydrogen-bond donors (Lipinski definition) is 1. The van der Waals surface area contributed by atoms with Crippen molar-refractivity contribution in [2.75, 3.05) is 32.8 Å². The molecular weight excluding hydrogens is 340 g/mol. The van der Waals surface area contributed by atoms with Gasteiger partial charge in [-0.1, -0.05) is 37.3 Å². The summed E-state index contributed by atoms with van der Waals surface area (Å²) in [7, 11) is 0. The summed E-state index contributed by atoms with van der Waals surface area (Å²) in [5, 5.41) is 10.1. The van der Waals surface area contributed by atoms with Crippen molar-refractivity contribution in [1.29, 1.82) is 0 Å². The lowest BCUT2D eigenvalue weighted by atomic mass is 9.69. The number of likely N-dealkylation sites (tertiary alicyclic amines) is 2. The highest BCUT2D eigenvalue weighted by molar-refractivity contribution is 5.96. The zero-order valence-corrected chi connectivity index (χ0v) is 16.4. The number of hydrogen-bond acceptors (Lipinski definition) is 4. The van der Waals surface area contributed by atoms with E-state index in [9.17, 15) is 14.7 Å². The molecule has 5 heteroatoms. The summed E-state index contributed by atoms with van der Waals surface area (Å²) in [5.74, 6) is 0.234. The number of aliphatic hydroxyl groups excluding tert-OH is 1. The third-order valence-electron chi connectivity index (χ3n) is 6.49. The molecule has 2 atom stereocenters. The summed E-state index contributed by atoms with van der Waals surface area (Å²) in [6, 6.07) is 9.37. The Bertz CT molecular complexity index is 648. The molecule has 1 N–H and O–H groups in total. The molecule has 0 radical (unpaired) electrons. The average molecular weight is 373 g/mol. The summed E-state index contributed by atoms with van der Waals surface area (Å²) in [4.78, 5) is 29.6. The van der Waals surface area contributed by atoms with Crippen molar-refractivity contribution in [3.63, 3.8) is 0 Å². The van der Waals surface area contributed by atoms with Gasteiger partial charge in [0.05, 0.1) is 12.6 Å². The molecule has 0 aliphatic carbocycles. The number of amides is 1. The Labute approximate surface area is 162 Å². The Kier molecular flexibility index (Phi) is 6.66. The summed E-state index contributed by atoms with van der Waals surface area (Å²) in [5.41, 5.74) is 0.576. The summed E-state index contributed by atoms with van der Waals surface area (Å²) in [6.07, 6.45) is 4.31. The van der Waals surface area contributed by atoms with Gasteiger partial charge < -0.3 is 14.9 Å². The van der Waals surface area contributed by atoms with Gasteiger partial charge in [0.1, 0.15) is 0 Å². The van der Waals surface area contributed by atoms with E-state index in [1.54, 1.807) is 0 Å². The monoisotopic (exact) mass is 372 g/mol. The van der Waals surface area contributed by atoms with E-state index >= 15 is 0 Å². The quantitative estimate of drug-likeness (QED) is 0.748. The predicted molar refractivity (Wildman–Crippen MR) is 106 cm³/mol. The van der Waals surface area contributed by atoms with Gasteiger partial charge in [-0.25, -0.2) is 0 Å². The molecule has 2 saturated heterocycles. The number of carbonyl (C=O) groups excluding carboxylic acids is 2. The number of fused-ring (bicyclic) bond motifs is 1. The maximum absolute atomic E-state index is 12.9. The second-order valence-corrected chi connectivity index (χ2v) is 8.01. The van der Waals surface area contributed by atoms with Crippen LogP contribution in [0.25, 0.3) is 0 Å². The van der Waals surface area contributed by atoms with E-state index in [-0.39, 0.29) is 29.8 Å². The molecule has 0 saturated carbocycles. The van der Waals surface area contributed by atoms with Crippen LogP contribution in [0.3, 0.4) is 0 Å². The lowest BCUT2D eigenvalue weighted by Crippen LogP contribution is -2.63. The highest BCUT2D eigenvalue weighted by Gasteiger charge is 2.48. The summed E-state index contributed by atoms with van der Waals surface area (Å²) in [6.45, 7) is 5.91. The number of benzene rings is 1. The molecule has 2 aliphatic heterocycles. The minimum absolute atomic E-state index is 0.0987. The van der Waals surface area contributed by atoms with Gasteiger partial charge in [-0.05, 0) is 38.8 Å². The lowest BCUT2D eigenvalue weighted by molar-refractivity contribution is -0.146. The Morgan fingerprint density at radius 1 is 1.15 bits per heavy atom. The molecular formula is C22H32N2O3. The zero-order chi connectivity index (χ0) is 19.3. The normalized spacial score (nSPS) is 25.9. The first-order valence-corrected chi connectivity index (χ1v) is 10.3. The summed E-state index contributed by atoms with van der Waals surface area (Å²) >= 11 is 0. The van der Waals surface area contributed by atoms with Crippen molar-refractivity contribution in [1.82, 2.24) is 9.80 Å². The molecule has 1 amide bonds. The Morgan fingerprint density at radius 3 is 2.63 bits per heavy atom. The van der Waals surface area contributed by atoms with E-state index in [1.165, 1.54) is 0 Å². The van der Waals surface area contributed by atoms with Crippen LogP contribution in [0.5, 0.6) is 0 Å². The molecule has 148 valence electrons. The van der Waals surface area contributed by atoms with Crippen LogP contribution >= 0.6 is 0 Å². The Hall–Kier alpha value is -1.72. The first kappa shape index (κ1) is 20.0. The van der Waals surface area contributed by atoms with Gasteiger partial charge in [-0.3, -0.25) is 9.59 Å². The molecule has 3 rings (SSSR count). The largest absolute Gasteiger partial charge is 0.396 e. The first-order valence-electron chi connectivity index (χ1n) is 10.3. The molecule has 2 heterocycles. The minimum atomic E-state index is -0.139. The summed E-state index contributed by atoms with van der Waals surface area (Å²) < 4.78 is 0. The fourth-order valence-corrected chi connectivity index (χ4v) is 4.72. The molecule has 0 bridgehead atoms. The van der Waals surface area contributed by atoms with Crippen molar-refractivity contribution in [3.05, 3.63) is 35.9 Å². The molecule has 0 spiro atoms. The highest BCUT2D eigenvalue weighted by atomic mass is 16.3. The molecule has 27 heavy (non-hydrogen) atoms. The van der Waals surface area contributed by atoms with E-state index in [0.717, 1.165) is 45.4 Å². The van der Waals surface area contributed by atoms with Gasteiger partial charge in [0.25, 0.3) is 0 Å². The Balaban J connectivity index is 1.58. The van der Waals surface area contributed by atoms with Crippen molar-refractivity contribution < 1.29 is 14.7 Å². The van der Waals surface area contributed by atoms with Crippen LogP contribution in [-0.2, 0) is 4.79 Å². The van der Waals surface area contributed by atoms with E-state index in [0.29, 0.717) is 24.8 Å². The van der Waals surface area contributed by atoms with E-state index in [1.807, 2.05) is 35.2 Å². The number of aliphatic hydroxyl groups is 1. The molecule has 1 aromatic rings. The van der Waals surface area contributed by atoms with Crippen LogP contribution in [0.4, 0.5) is 0 Å². The predicted octanol–water partition coefficient (Wildman–Crippen LogP) is 2.73. The van der Waals surface area contributed by atoms with Crippen LogP contribution < -0.4 is 0 Å². The standard InChI is InChI=1S/C22H32N2O3/c1-2-23-15-13-22(17-25)12-7-14-24(20(22)16-23)21(27)11-6-10-19(26)18-8-4-3-5-9-18/h3-5,8-9,20,25H,2,6-7,10-17H2,1H3/t20-,22-/m1/s1. The van der Waals surface area contributed by atoms with Crippen LogP contribution in [0.1, 0.15) is 55.8 Å². The zero-order valence-electron chi connectivity index (χ0n) is 16.4. The van der Waals surface area contributed by atoms with Gasteiger partial charge >= 0.3 is 0 Å². The smallest absolute Gasteiger partial charge is 0.222 e. The number of carbonyl (C=O) groups is 2. The number of piperidine rings is 2. The molecule has 0 aromatic heterocycles. The van der Waals surface area contributed by atoms with Gasteiger partial charge in [0, 0.05) is 36.9 Å². The van der Waals surface area contributed by atoms with E-state index in [4.69, 9.17) is 0 Å². The van der Waals surface area contributed by atoms with Gasteiger partial charge in [-0.15, -0.1) is 0 Å². The van der Waals surface area contributed by atoms with Gasteiger partial charge in [-0.2, -0.15) is 0 Å². The second-order valence-electron chi connectivity index (χ2n) is 8.01. The van der Waals surface area contributed by atoms with E-state index in [2.05, 4.69) is 11.8 Å². The van der Waals surface area contributed by atoms with Crippen LogP contribution in [-0.4, -0.2) is 65.4 Å². The number of likely N-dealkylation sites (N-methyl/N-ethyl adjacent to an activating group) is 1. The van der Waals surface area contributed by atoms with Crippen molar-refractivity contribution in [3.8, 4) is 0 Å². The van der Waals surface area contributed by atoms with Crippen LogP contribution in [0.15, 0.2) is 30.3 Å². The number of rotatable bonds is 7. The maximum Gasteiger partial charge on any atom is 0.222 e. The second kappa shape index (κ2) is 8.98. The fraction of sp³-hybridized carbons (Fsp3) is 0.636. The SMILES string of the molecule is CCN1CC[C@@]2(CO)CCCN(C(=O)CCCC(=O)c3ccccc3)[C@@H]2C1. The van der Waals surface area contributed by atoms with Crippen LogP contribution in [0, 0.1) is 5.41 Å². The average Bonchev–Trinajstić information content (AvgIpc) is 2.73. The topological polar surface area (TPSA) is 60.9 Å². The lowest BCUT2D eigenvalue weighted by Gasteiger charge is -2.54. The minimum Gasteiger partial charge on any atom is -0.396 e. The third kappa shape index (κ3) is 4.41. The molecule has 1 aromatic carbocycles. The maximum atomic E-state index is 12.9. The number of nitrogens with zero attached hydrogens (tertiary/aromatic N) is 2. The Morgan fingerprint density at radius 2 is 1.93 bits per heavy atom. The van der Waals surface area contributed by atoms with Crippen molar-refractivity contribution in [2.24, 2.45) is 5.41 Å². The number of Topliss-reactive ketones (excluding diaryl/α,β-unsaturated/α-hetero) is 1. The van der Waals surface area contributed by atoms with Gasteiger partial charge in [0.2, 0.25) is 5.91 Å². The molecule has 2 aliphatic rings. The molecule has 0 unspecified atom stereocenters. The van der Waals surface area contributed by atoms with Crippen LogP contribution in [0.2, 0.25) is 0 Å².